The van der Waals surface area contributed by atoms with Crippen molar-refractivity contribution >= 4 is 22.7 Å². The van der Waals surface area contributed by atoms with Crippen LogP contribution in [-0.4, -0.2) is 23.7 Å². The van der Waals surface area contributed by atoms with E-state index in [2.05, 4.69) is 42.5 Å². The van der Waals surface area contributed by atoms with Gasteiger partial charge in [-0.1, -0.05) is 6.08 Å². The highest BCUT2D eigenvalue weighted by Gasteiger charge is 2.14. The fourth-order valence-corrected chi connectivity index (χ4v) is 3.29. The number of nitriles is 1. The van der Waals surface area contributed by atoms with E-state index in [1.807, 2.05) is 37.3 Å². The predicted octanol–water partition coefficient (Wildman–Crippen LogP) is 5.38. The van der Waals surface area contributed by atoms with E-state index in [1.54, 1.807) is 7.11 Å². The number of ether oxygens (including phenoxy) is 2. The molecule has 0 radical (unpaired) electrons. The van der Waals surface area contributed by atoms with E-state index in [4.69, 9.17) is 9.47 Å². The number of nitrogens with one attached hydrogen (secondary N) is 1. The van der Waals surface area contributed by atoms with Crippen LogP contribution in [0.2, 0.25) is 0 Å². The molecule has 3 aromatic rings. The molecule has 0 fully saturated rings. The van der Waals surface area contributed by atoms with Gasteiger partial charge in [0.05, 0.1) is 30.3 Å². The lowest BCUT2D eigenvalue weighted by Crippen LogP contribution is -1.99. The van der Waals surface area contributed by atoms with Crippen molar-refractivity contribution in [2.24, 2.45) is 0 Å². The maximum absolute atomic E-state index is 9.77. The Labute approximate surface area is 171 Å². The molecule has 1 aromatic heterocycles. The molecular formula is C24H25N3O2. The van der Waals surface area contributed by atoms with Crippen LogP contribution >= 0.6 is 0 Å². The van der Waals surface area contributed by atoms with Crippen LogP contribution < -0.4 is 9.47 Å². The molecule has 148 valence electrons. The zero-order valence-electron chi connectivity index (χ0n) is 17.3. The quantitative estimate of drug-likeness (QED) is 0.436. The van der Waals surface area contributed by atoms with Crippen molar-refractivity contribution in [3.8, 4) is 17.6 Å². The minimum Gasteiger partial charge on any atom is -0.493 e. The average Bonchev–Trinajstić information content (AvgIpc) is 3.09. The number of methoxy groups -OCH3 is 1. The predicted molar refractivity (Wildman–Crippen MR) is 117 cm³/mol. The van der Waals surface area contributed by atoms with Crippen molar-refractivity contribution in [1.29, 1.82) is 5.26 Å². The van der Waals surface area contributed by atoms with Gasteiger partial charge in [0.25, 0.3) is 0 Å². The summed E-state index contributed by atoms with van der Waals surface area (Å²) < 4.78 is 11.3. The third kappa shape index (κ3) is 4.17. The zero-order valence-corrected chi connectivity index (χ0v) is 17.3. The lowest BCUT2D eigenvalue weighted by atomic mass is 10.0. The second kappa shape index (κ2) is 8.66. The third-order valence-corrected chi connectivity index (χ3v) is 4.81. The van der Waals surface area contributed by atoms with Crippen LogP contribution in [0, 0.1) is 25.2 Å². The maximum Gasteiger partial charge on any atom is 0.164 e. The number of rotatable bonds is 7. The van der Waals surface area contributed by atoms with Crippen LogP contribution in [-0.2, 0) is 6.42 Å². The highest BCUT2D eigenvalue weighted by molar-refractivity contribution is 5.91. The summed E-state index contributed by atoms with van der Waals surface area (Å²) in [4.78, 5) is 7.88. The summed E-state index contributed by atoms with van der Waals surface area (Å²) in [6, 6.07) is 10.2. The molecule has 1 heterocycles. The lowest BCUT2D eigenvalue weighted by Gasteiger charge is -2.14. The Morgan fingerprint density at radius 2 is 2.00 bits per heavy atom. The van der Waals surface area contributed by atoms with E-state index in [-0.39, 0.29) is 0 Å². The number of allylic oxidation sites excluding steroid dienone is 2. The highest BCUT2D eigenvalue weighted by Crippen LogP contribution is 2.35. The maximum atomic E-state index is 9.77. The molecule has 0 aliphatic heterocycles. The summed E-state index contributed by atoms with van der Waals surface area (Å²) in [6.45, 7) is 10.4. The Morgan fingerprint density at radius 3 is 2.66 bits per heavy atom. The number of hydrogen-bond acceptors (Lipinski definition) is 4. The molecule has 0 saturated heterocycles. The van der Waals surface area contributed by atoms with Crippen LogP contribution in [0.15, 0.2) is 36.9 Å². The first-order valence-corrected chi connectivity index (χ1v) is 9.54. The smallest absolute Gasteiger partial charge is 0.164 e. The number of aromatic amines is 1. The van der Waals surface area contributed by atoms with Crippen molar-refractivity contribution in [3.63, 3.8) is 0 Å². The number of hydrogen-bond donors (Lipinski definition) is 1. The van der Waals surface area contributed by atoms with Gasteiger partial charge in [-0.2, -0.15) is 5.26 Å². The van der Waals surface area contributed by atoms with Gasteiger partial charge in [0.15, 0.2) is 11.5 Å². The summed E-state index contributed by atoms with van der Waals surface area (Å²) in [6.07, 6.45) is 4.26. The van der Waals surface area contributed by atoms with E-state index in [0.717, 1.165) is 22.2 Å². The molecule has 3 rings (SSSR count). The average molecular weight is 387 g/mol. The normalized spacial score (nSPS) is 11.3. The monoisotopic (exact) mass is 387 g/mol. The lowest BCUT2D eigenvalue weighted by molar-refractivity contribution is 0.309. The van der Waals surface area contributed by atoms with Crippen molar-refractivity contribution < 1.29 is 9.47 Å². The fourth-order valence-electron chi connectivity index (χ4n) is 3.29. The molecule has 5 heteroatoms. The molecule has 0 aliphatic rings. The van der Waals surface area contributed by atoms with Crippen molar-refractivity contribution in [1.82, 2.24) is 9.97 Å². The second-order valence-electron chi connectivity index (χ2n) is 6.85. The van der Waals surface area contributed by atoms with Crippen LogP contribution in [0.4, 0.5) is 0 Å². The molecule has 0 spiro atoms. The Balaban J connectivity index is 2.11. The number of fused-ring (bicyclic) bond motifs is 1. The highest BCUT2D eigenvalue weighted by atomic mass is 16.5. The van der Waals surface area contributed by atoms with Crippen LogP contribution in [0.1, 0.15) is 35.0 Å². The summed E-state index contributed by atoms with van der Waals surface area (Å²) >= 11 is 0. The molecule has 0 aliphatic carbocycles. The molecule has 0 unspecified atom stereocenters. The molecule has 1 N–H and O–H groups in total. The van der Waals surface area contributed by atoms with E-state index < -0.39 is 0 Å². The molecule has 0 bridgehead atoms. The van der Waals surface area contributed by atoms with Crippen molar-refractivity contribution in [2.75, 3.05) is 13.7 Å². The van der Waals surface area contributed by atoms with Gasteiger partial charge in [-0.25, -0.2) is 4.98 Å². The van der Waals surface area contributed by atoms with Crippen molar-refractivity contribution in [3.05, 3.63) is 65.0 Å². The van der Waals surface area contributed by atoms with Gasteiger partial charge >= 0.3 is 0 Å². The Bertz CT molecular complexity index is 1090. The SMILES string of the molecule is C=CCc1cc(/C=C(\C#N)c2nc3cc(C)c(C)cc3[nH]2)cc(OCC)c1OC. The summed E-state index contributed by atoms with van der Waals surface area (Å²) in [7, 11) is 1.62. The van der Waals surface area contributed by atoms with Gasteiger partial charge in [0, 0.05) is 5.56 Å². The van der Waals surface area contributed by atoms with Gasteiger partial charge in [0.2, 0.25) is 0 Å². The number of nitrogens with zero attached hydrogens (tertiary/aromatic N) is 2. The van der Waals surface area contributed by atoms with Crippen LogP contribution in [0.3, 0.4) is 0 Å². The van der Waals surface area contributed by atoms with E-state index >= 15 is 0 Å². The van der Waals surface area contributed by atoms with Crippen molar-refractivity contribution in [2.45, 2.75) is 27.2 Å². The van der Waals surface area contributed by atoms with Gasteiger partial charge in [-0.05, 0) is 74.2 Å². The summed E-state index contributed by atoms with van der Waals surface area (Å²) in [5.41, 5.74) is 6.36. The molecule has 0 saturated carbocycles. The molecule has 0 amide bonds. The summed E-state index contributed by atoms with van der Waals surface area (Å²) in [5, 5.41) is 9.77. The van der Waals surface area contributed by atoms with Gasteiger partial charge in [-0.3, -0.25) is 0 Å². The topological polar surface area (TPSA) is 70.9 Å². The number of benzene rings is 2. The van der Waals surface area contributed by atoms with Gasteiger partial charge in [-0.15, -0.1) is 6.58 Å². The Kier molecular flexibility index (Phi) is 6.04. The second-order valence-corrected chi connectivity index (χ2v) is 6.85. The minimum atomic E-state index is 0.452. The van der Waals surface area contributed by atoms with Crippen LogP contribution in [0.5, 0.6) is 11.5 Å². The molecule has 5 nitrogen and oxygen atoms in total. The van der Waals surface area contributed by atoms with E-state index in [1.165, 1.54) is 11.1 Å². The van der Waals surface area contributed by atoms with E-state index in [9.17, 15) is 5.26 Å². The van der Waals surface area contributed by atoms with Gasteiger partial charge in [0.1, 0.15) is 11.9 Å². The Hall–Kier alpha value is -3.52. The fraction of sp³-hybridized carbons (Fsp3) is 0.250. The number of aryl methyl sites for hydroxylation is 2. The summed E-state index contributed by atoms with van der Waals surface area (Å²) in [5.74, 6) is 1.89. The standard InChI is InChI=1S/C24H25N3O2/c1-6-8-18-11-17(13-22(29-7-2)23(18)28-5)12-19(14-25)24-26-20-9-15(3)16(4)10-21(20)27-24/h6,9-13H,1,7-8H2,2-5H3,(H,26,27)/b19-12+. The number of imidazole rings is 1. The molecule has 29 heavy (non-hydrogen) atoms. The first-order valence-electron chi connectivity index (χ1n) is 9.54. The Morgan fingerprint density at radius 1 is 1.24 bits per heavy atom. The molecule has 0 atom stereocenters. The number of aromatic nitrogens is 2. The van der Waals surface area contributed by atoms with Gasteiger partial charge < -0.3 is 14.5 Å². The zero-order chi connectivity index (χ0) is 21.0. The molecular weight excluding hydrogens is 362 g/mol. The molecule has 2 aromatic carbocycles. The first-order chi connectivity index (χ1) is 14.0. The minimum absolute atomic E-state index is 0.452. The van der Waals surface area contributed by atoms with E-state index in [0.29, 0.717) is 35.9 Å². The largest absolute Gasteiger partial charge is 0.493 e. The van der Waals surface area contributed by atoms with Crippen LogP contribution in [0.25, 0.3) is 22.7 Å². The third-order valence-electron chi connectivity index (χ3n) is 4.81. The first kappa shape index (κ1) is 20.2. The number of H-pyrrole nitrogens is 1.